The summed E-state index contributed by atoms with van der Waals surface area (Å²) in [6.45, 7) is 5.41. The number of ether oxygens (including phenoxy) is 1. The second-order valence-electron chi connectivity index (χ2n) is 5.25. The van der Waals surface area contributed by atoms with E-state index in [0.29, 0.717) is 0 Å². The van der Waals surface area contributed by atoms with Crippen LogP contribution < -0.4 is 11.1 Å². The number of amides is 1. The minimum absolute atomic E-state index is 0.130. The third-order valence-electron chi connectivity index (χ3n) is 3.10. The van der Waals surface area contributed by atoms with Crippen molar-refractivity contribution in [2.75, 3.05) is 17.7 Å². The highest BCUT2D eigenvalue weighted by Gasteiger charge is 2.30. The second-order valence-corrected chi connectivity index (χ2v) is 5.25. The van der Waals surface area contributed by atoms with Crippen LogP contribution in [0.5, 0.6) is 0 Å². The smallest absolute Gasteiger partial charge is 0.397 e. The number of hydrogen-bond acceptors (Lipinski definition) is 3. The highest BCUT2D eigenvalue weighted by molar-refractivity contribution is 5.94. The van der Waals surface area contributed by atoms with Crippen molar-refractivity contribution in [3.8, 4) is 0 Å². The fraction of sp³-hybridized carbons (Fsp3) is 0.500. The number of nitrogens with one attached hydrogen (secondary N) is 1. The van der Waals surface area contributed by atoms with Crippen molar-refractivity contribution in [1.29, 1.82) is 0 Å². The first-order chi connectivity index (χ1) is 9.55. The number of carbonyl (C=O) groups excluding carboxylic acids is 1. The average Bonchev–Trinajstić information content (AvgIpc) is 2.38. The first-order valence-electron chi connectivity index (χ1n) is 6.45. The largest absolute Gasteiger partial charge is 0.416 e. The molecule has 0 atom stereocenters. The van der Waals surface area contributed by atoms with Crippen LogP contribution in [0.4, 0.5) is 24.5 Å². The monoisotopic (exact) mass is 304 g/mol. The lowest BCUT2D eigenvalue weighted by atomic mass is 10.1. The molecule has 1 aromatic carbocycles. The van der Waals surface area contributed by atoms with Crippen LogP contribution in [-0.4, -0.2) is 18.1 Å². The molecular formula is C14H19F3N2O2. The molecule has 21 heavy (non-hydrogen) atoms. The lowest BCUT2D eigenvalue weighted by molar-refractivity contribution is -0.137. The number of alkyl halides is 3. The van der Waals surface area contributed by atoms with E-state index in [-0.39, 0.29) is 18.0 Å². The Hall–Kier alpha value is -1.76. The standard InChI is InChI=1S/C14H19F3N2O2/c1-4-13(2,3)21-8-12(20)19-11-6-5-9(7-10(11)18)14(15,16)17/h5-7H,4,8,18H2,1-3H3,(H,19,20). The summed E-state index contributed by atoms with van der Waals surface area (Å²) in [4.78, 5) is 11.7. The van der Waals surface area contributed by atoms with Crippen LogP contribution in [0.2, 0.25) is 0 Å². The van der Waals surface area contributed by atoms with Crippen LogP contribution in [0.15, 0.2) is 18.2 Å². The number of nitrogens with two attached hydrogens (primary N) is 1. The number of anilines is 2. The number of nitrogen functional groups attached to an aromatic ring is 1. The zero-order valence-corrected chi connectivity index (χ0v) is 12.2. The molecule has 0 aromatic heterocycles. The van der Waals surface area contributed by atoms with Gasteiger partial charge in [-0.1, -0.05) is 6.92 Å². The Morgan fingerprint density at radius 1 is 1.33 bits per heavy atom. The van der Waals surface area contributed by atoms with E-state index in [1.807, 2.05) is 20.8 Å². The van der Waals surface area contributed by atoms with Gasteiger partial charge >= 0.3 is 6.18 Å². The molecule has 0 heterocycles. The molecule has 7 heteroatoms. The topological polar surface area (TPSA) is 64.3 Å². The quantitative estimate of drug-likeness (QED) is 0.819. The number of hydrogen-bond donors (Lipinski definition) is 2. The maximum Gasteiger partial charge on any atom is 0.416 e. The van der Waals surface area contributed by atoms with Crippen molar-refractivity contribution >= 4 is 17.3 Å². The van der Waals surface area contributed by atoms with Crippen LogP contribution in [0.1, 0.15) is 32.8 Å². The molecule has 4 nitrogen and oxygen atoms in total. The van der Waals surface area contributed by atoms with Gasteiger partial charge in [0, 0.05) is 0 Å². The Balaban J connectivity index is 2.69. The lowest BCUT2D eigenvalue weighted by Gasteiger charge is -2.23. The third kappa shape index (κ3) is 5.26. The predicted octanol–water partition coefficient (Wildman–Crippen LogP) is 3.43. The van der Waals surface area contributed by atoms with Gasteiger partial charge in [-0.05, 0) is 38.5 Å². The first kappa shape index (κ1) is 17.3. The minimum Gasteiger partial charge on any atom is -0.397 e. The Bertz CT molecular complexity index is 513. The van der Waals surface area contributed by atoms with Crippen LogP contribution in [0.3, 0.4) is 0 Å². The van der Waals surface area contributed by atoms with Crippen molar-refractivity contribution in [2.45, 2.75) is 39.0 Å². The Morgan fingerprint density at radius 3 is 2.43 bits per heavy atom. The zero-order chi connectivity index (χ0) is 16.3. The molecule has 0 bridgehead atoms. The van der Waals surface area contributed by atoms with Crippen LogP contribution in [0, 0.1) is 0 Å². The van der Waals surface area contributed by atoms with E-state index >= 15 is 0 Å². The SMILES string of the molecule is CCC(C)(C)OCC(=O)Nc1ccc(C(F)(F)F)cc1N. The molecule has 0 saturated carbocycles. The fourth-order valence-electron chi connectivity index (χ4n) is 1.40. The van der Waals surface area contributed by atoms with E-state index < -0.39 is 23.2 Å². The summed E-state index contributed by atoms with van der Waals surface area (Å²) < 4.78 is 42.9. The Kier molecular flexibility index (Phi) is 5.22. The number of carbonyl (C=O) groups is 1. The maximum atomic E-state index is 12.5. The maximum absolute atomic E-state index is 12.5. The van der Waals surface area contributed by atoms with Gasteiger partial charge in [0.25, 0.3) is 0 Å². The molecule has 0 saturated heterocycles. The van der Waals surface area contributed by atoms with Crippen molar-refractivity contribution in [1.82, 2.24) is 0 Å². The zero-order valence-electron chi connectivity index (χ0n) is 12.2. The number of halogens is 3. The lowest BCUT2D eigenvalue weighted by Crippen LogP contribution is -2.29. The third-order valence-corrected chi connectivity index (χ3v) is 3.10. The van der Waals surface area contributed by atoms with Gasteiger partial charge in [0.1, 0.15) is 6.61 Å². The van der Waals surface area contributed by atoms with Gasteiger partial charge in [-0.15, -0.1) is 0 Å². The van der Waals surface area contributed by atoms with E-state index in [9.17, 15) is 18.0 Å². The van der Waals surface area contributed by atoms with Gasteiger partial charge in [0.2, 0.25) is 5.91 Å². The summed E-state index contributed by atoms with van der Waals surface area (Å²) in [6.07, 6.45) is -3.74. The van der Waals surface area contributed by atoms with Gasteiger partial charge in [-0.3, -0.25) is 4.79 Å². The van der Waals surface area contributed by atoms with E-state index in [0.717, 1.165) is 24.6 Å². The molecule has 3 N–H and O–H groups in total. The van der Waals surface area contributed by atoms with Crippen molar-refractivity contribution in [3.05, 3.63) is 23.8 Å². The van der Waals surface area contributed by atoms with Gasteiger partial charge in [-0.25, -0.2) is 0 Å². The Labute approximate surface area is 121 Å². The van der Waals surface area contributed by atoms with Crippen molar-refractivity contribution < 1.29 is 22.7 Å². The van der Waals surface area contributed by atoms with E-state index in [4.69, 9.17) is 10.5 Å². The molecule has 0 fully saturated rings. The van der Waals surface area contributed by atoms with E-state index in [2.05, 4.69) is 5.32 Å². The summed E-state index contributed by atoms with van der Waals surface area (Å²) in [6, 6.07) is 2.77. The minimum atomic E-state index is -4.47. The van der Waals surface area contributed by atoms with E-state index in [1.165, 1.54) is 0 Å². The summed E-state index contributed by atoms with van der Waals surface area (Å²) in [5.41, 5.74) is 4.20. The summed E-state index contributed by atoms with van der Waals surface area (Å²) >= 11 is 0. The highest BCUT2D eigenvalue weighted by Crippen LogP contribution is 2.32. The van der Waals surface area contributed by atoms with Gasteiger partial charge in [0.05, 0.1) is 22.5 Å². The number of benzene rings is 1. The molecule has 1 rings (SSSR count). The molecular weight excluding hydrogens is 285 g/mol. The van der Waals surface area contributed by atoms with Crippen LogP contribution >= 0.6 is 0 Å². The Morgan fingerprint density at radius 2 is 1.95 bits per heavy atom. The summed E-state index contributed by atoms with van der Waals surface area (Å²) in [5.74, 6) is -0.469. The summed E-state index contributed by atoms with van der Waals surface area (Å²) in [5, 5.41) is 2.43. The van der Waals surface area contributed by atoms with Crippen molar-refractivity contribution in [2.24, 2.45) is 0 Å². The fourth-order valence-corrected chi connectivity index (χ4v) is 1.40. The molecule has 0 unspecified atom stereocenters. The van der Waals surface area contributed by atoms with Gasteiger partial charge < -0.3 is 15.8 Å². The molecule has 0 aliphatic rings. The molecule has 1 amide bonds. The molecule has 0 aliphatic heterocycles. The van der Waals surface area contributed by atoms with Crippen LogP contribution in [0.25, 0.3) is 0 Å². The predicted molar refractivity (Wildman–Crippen MR) is 74.8 cm³/mol. The average molecular weight is 304 g/mol. The summed E-state index contributed by atoms with van der Waals surface area (Å²) in [7, 11) is 0. The number of rotatable bonds is 5. The second kappa shape index (κ2) is 6.34. The molecule has 0 radical (unpaired) electrons. The van der Waals surface area contributed by atoms with Crippen LogP contribution in [-0.2, 0) is 15.7 Å². The highest BCUT2D eigenvalue weighted by atomic mass is 19.4. The van der Waals surface area contributed by atoms with Crippen molar-refractivity contribution in [3.63, 3.8) is 0 Å². The normalized spacial score (nSPS) is 12.3. The van der Waals surface area contributed by atoms with Gasteiger partial charge in [0.15, 0.2) is 0 Å². The van der Waals surface area contributed by atoms with Gasteiger partial charge in [-0.2, -0.15) is 13.2 Å². The molecule has 0 spiro atoms. The molecule has 118 valence electrons. The first-order valence-corrected chi connectivity index (χ1v) is 6.45. The molecule has 0 aliphatic carbocycles. The van der Waals surface area contributed by atoms with E-state index in [1.54, 1.807) is 0 Å². The molecule has 1 aromatic rings.